The fourth-order valence-corrected chi connectivity index (χ4v) is 3.11. The Balaban J connectivity index is 1.65. The van der Waals surface area contributed by atoms with Crippen molar-refractivity contribution >= 4 is 22.6 Å². The van der Waals surface area contributed by atoms with Gasteiger partial charge in [-0.25, -0.2) is 9.78 Å². The van der Waals surface area contributed by atoms with Gasteiger partial charge in [-0.05, 0) is 48.9 Å². The third kappa shape index (κ3) is 3.73. The van der Waals surface area contributed by atoms with E-state index in [1.54, 1.807) is 42.6 Å². The van der Waals surface area contributed by atoms with Gasteiger partial charge in [-0.2, -0.15) is 0 Å². The largest absolute Gasteiger partial charge is 0.504 e. The number of anilines is 1. The summed E-state index contributed by atoms with van der Waals surface area (Å²) in [7, 11) is 0. The van der Waals surface area contributed by atoms with Gasteiger partial charge in [-0.15, -0.1) is 0 Å². The molecule has 0 aliphatic carbocycles. The van der Waals surface area contributed by atoms with Crippen LogP contribution < -0.4 is 15.7 Å². The van der Waals surface area contributed by atoms with Crippen LogP contribution in [-0.2, 0) is 0 Å². The van der Waals surface area contributed by atoms with Crippen molar-refractivity contribution < 1.29 is 19.1 Å². The van der Waals surface area contributed by atoms with E-state index in [9.17, 15) is 14.7 Å². The molecule has 0 aliphatic rings. The van der Waals surface area contributed by atoms with Crippen LogP contribution >= 0.6 is 0 Å². The molecule has 0 spiro atoms. The molecule has 0 aliphatic heterocycles. The number of benzene rings is 2. The minimum Gasteiger partial charge on any atom is -0.504 e. The van der Waals surface area contributed by atoms with E-state index in [2.05, 4.69) is 10.3 Å². The number of hydrogen-bond acceptors (Lipinski definition) is 6. The second kappa shape index (κ2) is 8.08. The Kier molecular flexibility index (Phi) is 5.17. The molecule has 0 unspecified atom stereocenters. The van der Waals surface area contributed by atoms with Crippen LogP contribution in [0.5, 0.6) is 11.6 Å². The van der Waals surface area contributed by atoms with E-state index >= 15 is 0 Å². The maximum Gasteiger partial charge on any atom is 0.349 e. The Morgan fingerprint density at radius 3 is 2.80 bits per heavy atom. The van der Waals surface area contributed by atoms with Gasteiger partial charge in [-0.1, -0.05) is 24.3 Å². The summed E-state index contributed by atoms with van der Waals surface area (Å²) in [5.41, 5.74) is 1.15. The second-order valence-electron chi connectivity index (χ2n) is 6.47. The van der Waals surface area contributed by atoms with Crippen LogP contribution in [-0.4, -0.2) is 22.6 Å². The normalized spacial score (nSPS) is 10.7. The first-order valence-electron chi connectivity index (χ1n) is 9.32. The van der Waals surface area contributed by atoms with Crippen molar-refractivity contribution in [3.63, 3.8) is 0 Å². The molecule has 2 aromatic heterocycles. The molecule has 2 aromatic carbocycles. The van der Waals surface area contributed by atoms with E-state index < -0.39 is 11.5 Å². The number of aromatic hydroxyl groups is 1. The number of phenols is 1. The first kappa shape index (κ1) is 19.2. The minimum atomic E-state index is -0.830. The molecule has 2 N–H and O–H groups in total. The molecule has 0 saturated carbocycles. The summed E-state index contributed by atoms with van der Waals surface area (Å²) in [6.45, 7) is 2.36. The lowest BCUT2D eigenvalue weighted by molar-refractivity contribution is 0.102. The highest BCUT2D eigenvalue weighted by Gasteiger charge is 2.16. The van der Waals surface area contributed by atoms with Crippen LogP contribution in [0, 0.1) is 0 Å². The summed E-state index contributed by atoms with van der Waals surface area (Å²) in [6, 6.07) is 16.9. The summed E-state index contributed by atoms with van der Waals surface area (Å²) < 4.78 is 10.7. The van der Waals surface area contributed by atoms with E-state index in [1.165, 1.54) is 12.1 Å². The Hall–Kier alpha value is -4.13. The number of fused-ring (bicyclic) bond motifs is 1. The van der Waals surface area contributed by atoms with Crippen molar-refractivity contribution in [2.45, 2.75) is 6.92 Å². The predicted octanol–water partition coefficient (Wildman–Crippen LogP) is 4.21. The summed E-state index contributed by atoms with van der Waals surface area (Å²) in [4.78, 5) is 29.2. The zero-order valence-corrected chi connectivity index (χ0v) is 16.1. The number of para-hydroxylation sites is 1. The highest BCUT2D eigenvalue weighted by molar-refractivity contribution is 6.05. The number of amides is 1. The highest BCUT2D eigenvalue weighted by atomic mass is 16.5. The Morgan fingerprint density at radius 1 is 1.13 bits per heavy atom. The quantitative estimate of drug-likeness (QED) is 0.485. The topological polar surface area (TPSA) is 102 Å². The SMILES string of the molecule is CCOc1ncccc1-c1cccc(NC(=O)c2cc3cccc(O)c3oc2=O)c1. The number of ether oxygens (including phenoxy) is 1. The molecule has 0 atom stereocenters. The number of rotatable bonds is 5. The summed E-state index contributed by atoms with van der Waals surface area (Å²) in [5.74, 6) is -0.272. The lowest BCUT2D eigenvalue weighted by atomic mass is 10.1. The average Bonchev–Trinajstić information content (AvgIpc) is 2.75. The molecule has 150 valence electrons. The smallest absolute Gasteiger partial charge is 0.349 e. The van der Waals surface area contributed by atoms with E-state index in [0.29, 0.717) is 23.6 Å². The Labute approximate surface area is 171 Å². The van der Waals surface area contributed by atoms with Crippen LogP contribution in [0.1, 0.15) is 17.3 Å². The van der Waals surface area contributed by atoms with Crippen LogP contribution in [0.15, 0.2) is 76.1 Å². The van der Waals surface area contributed by atoms with Crippen molar-refractivity contribution in [2.75, 3.05) is 11.9 Å². The molecule has 0 radical (unpaired) electrons. The van der Waals surface area contributed by atoms with Crippen LogP contribution in [0.25, 0.3) is 22.1 Å². The van der Waals surface area contributed by atoms with Gasteiger partial charge in [0.25, 0.3) is 5.91 Å². The molecule has 30 heavy (non-hydrogen) atoms. The van der Waals surface area contributed by atoms with Gasteiger partial charge < -0.3 is 19.6 Å². The molecule has 0 saturated heterocycles. The summed E-state index contributed by atoms with van der Waals surface area (Å²) in [5, 5.41) is 13.0. The number of aromatic nitrogens is 1. The number of carbonyl (C=O) groups is 1. The van der Waals surface area contributed by atoms with Gasteiger partial charge in [0.1, 0.15) is 5.56 Å². The number of phenolic OH excluding ortho intramolecular Hbond substituents is 1. The van der Waals surface area contributed by atoms with Gasteiger partial charge in [0.05, 0.1) is 6.61 Å². The molecule has 0 fully saturated rings. The lowest BCUT2D eigenvalue weighted by Gasteiger charge is -2.11. The predicted molar refractivity (Wildman–Crippen MR) is 113 cm³/mol. The fraction of sp³-hybridized carbons (Fsp3) is 0.0870. The van der Waals surface area contributed by atoms with E-state index in [4.69, 9.17) is 9.15 Å². The van der Waals surface area contributed by atoms with Crippen LogP contribution in [0.4, 0.5) is 5.69 Å². The van der Waals surface area contributed by atoms with Gasteiger partial charge in [0.2, 0.25) is 5.88 Å². The molecule has 0 bridgehead atoms. The average molecular weight is 402 g/mol. The Morgan fingerprint density at radius 2 is 1.97 bits per heavy atom. The maximum absolute atomic E-state index is 12.7. The van der Waals surface area contributed by atoms with E-state index in [-0.39, 0.29) is 16.9 Å². The van der Waals surface area contributed by atoms with Crippen molar-refractivity contribution in [1.82, 2.24) is 4.98 Å². The second-order valence-corrected chi connectivity index (χ2v) is 6.47. The first-order chi connectivity index (χ1) is 14.6. The third-order valence-electron chi connectivity index (χ3n) is 4.47. The molecule has 7 nitrogen and oxygen atoms in total. The summed E-state index contributed by atoms with van der Waals surface area (Å²) in [6.07, 6.45) is 1.65. The van der Waals surface area contributed by atoms with Gasteiger partial charge in [0, 0.05) is 22.8 Å². The molecule has 7 heteroatoms. The zero-order valence-electron chi connectivity index (χ0n) is 16.1. The van der Waals surface area contributed by atoms with Crippen molar-refractivity contribution in [1.29, 1.82) is 0 Å². The molecular weight excluding hydrogens is 384 g/mol. The number of carbonyl (C=O) groups excluding carboxylic acids is 1. The molecular formula is C23H18N2O5. The standard InChI is InChI=1S/C23H18N2O5/c1-2-29-22-17(9-5-11-24-22)14-6-3-8-16(12-14)25-21(27)18-13-15-7-4-10-19(26)20(15)30-23(18)28/h3-13,26H,2H2,1H3,(H,25,27). The van der Waals surface area contributed by atoms with Crippen molar-refractivity contribution in [3.05, 3.63) is 82.8 Å². The molecule has 2 heterocycles. The summed E-state index contributed by atoms with van der Waals surface area (Å²) >= 11 is 0. The van der Waals surface area contributed by atoms with Gasteiger partial charge in [0.15, 0.2) is 11.3 Å². The van der Waals surface area contributed by atoms with Crippen molar-refractivity contribution in [3.8, 4) is 22.8 Å². The lowest BCUT2D eigenvalue weighted by Crippen LogP contribution is -2.20. The molecule has 4 rings (SSSR count). The maximum atomic E-state index is 12.7. The van der Waals surface area contributed by atoms with Crippen molar-refractivity contribution in [2.24, 2.45) is 0 Å². The number of nitrogens with one attached hydrogen (secondary N) is 1. The third-order valence-corrected chi connectivity index (χ3v) is 4.47. The van der Waals surface area contributed by atoms with E-state index in [0.717, 1.165) is 11.1 Å². The molecule has 4 aromatic rings. The molecule has 1 amide bonds. The number of nitrogens with zero attached hydrogens (tertiary/aromatic N) is 1. The van der Waals surface area contributed by atoms with E-state index in [1.807, 2.05) is 19.1 Å². The zero-order chi connectivity index (χ0) is 21.1. The highest BCUT2D eigenvalue weighted by Crippen LogP contribution is 2.30. The monoisotopic (exact) mass is 402 g/mol. The minimum absolute atomic E-state index is 0.0427. The van der Waals surface area contributed by atoms with Gasteiger partial charge >= 0.3 is 5.63 Å². The number of pyridine rings is 1. The van der Waals surface area contributed by atoms with Gasteiger partial charge in [-0.3, -0.25) is 4.79 Å². The Bertz CT molecular complexity index is 1300. The van der Waals surface area contributed by atoms with Crippen LogP contribution in [0.2, 0.25) is 0 Å². The first-order valence-corrected chi connectivity index (χ1v) is 9.32. The number of hydrogen-bond donors (Lipinski definition) is 2. The van der Waals surface area contributed by atoms with Crippen LogP contribution in [0.3, 0.4) is 0 Å². The fourth-order valence-electron chi connectivity index (χ4n) is 3.11.